The molecule has 122 valence electrons. The summed E-state index contributed by atoms with van der Waals surface area (Å²) in [6, 6.07) is 12.5. The molecule has 0 radical (unpaired) electrons. The van der Waals surface area contributed by atoms with Crippen molar-refractivity contribution >= 4 is 40.0 Å². The first-order valence-corrected chi connectivity index (χ1v) is 8.25. The average molecular weight is 361 g/mol. The Morgan fingerprint density at radius 2 is 1.92 bits per heavy atom. The lowest BCUT2D eigenvalue weighted by Gasteiger charge is -2.12. The molecular weight excluding hydrogens is 348 g/mol. The Morgan fingerprint density at radius 3 is 2.54 bits per heavy atom. The van der Waals surface area contributed by atoms with Crippen LogP contribution in [0.15, 0.2) is 52.3 Å². The predicted molar refractivity (Wildman–Crippen MR) is 95.3 cm³/mol. The molecule has 3 rings (SSSR count). The number of nitro groups is 1. The summed E-state index contributed by atoms with van der Waals surface area (Å²) in [4.78, 5) is 17.0. The van der Waals surface area contributed by atoms with E-state index in [0.29, 0.717) is 21.7 Å². The summed E-state index contributed by atoms with van der Waals surface area (Å²) in [6.07, 6.45) is 0. The van der Waals surface area contributed by atoms with Gasteiger partial charge in [-0.1, -0.05) is 23.4 Å². The minimum absolute atomic E-state index is 0.0639. The van der Waals surface area contributed by atoms with Crippen LogP contribution >= 0.6 is 23.4 Å². The molecule has 0 unspecified atom stereocenters. The van der Waals surface area contributed by atoms with Crippen LogP contribution in [0.2, 0.25) is 5.02 Å². The lowest BCUT2D eigenvalue weighted by atomic mass is 10.1. The molecule has 0 aliphatic heterocycles. The largest absolute Gasteiger partial charge is 0.495 e. The zero-order chi connectivity index (χ0) is 17.3. The maximum absolute atomic E-state index is 11.4. The molecule has 0 spiro atoms. The van der Waals surface area contributed by atoms with Crippen LogP contribution in [0.3, 0.4) is 0 Å². The summed E-state index contributed by atoms with van der Waals surface area (Å²) in [5, 5.41) is 12.7. The number of non-ortho nitro benzene ring substituents is 1. The molecule has 7 heteroatoms. The van der Waals surface area contributed by atoms with E-state index in [2.05, 4.69) is 4.98 Å². The maximum Gasteiger partial charge on any atom is 0.299 e. The SMILES string of the molecule is COc1cc([N+](=O)[O-])c2nc(C)ccc2c1Sc1ccc(Cl)cc1. The van der Waals surface area contributed by atoms with Crippen molar-refractivity contribution < 1.29 is 9.66 Å². The summed E-state index contributed by atoms with van der Waals surface area (Å²) < 4.78 is 5.39. The van der Waals surface area contributed by atoms with Crippen LogP contribution < -0.4 is 4.74 Å². The molecule has 0 atom stereocenters. The van der Waals surface area contributed by atoms with Crippen molar-refractivity contribution in [2.45, 2.75) is 16.7 Å². The lowest BCUT2D eigenvalue weighted by Crippen LogP contribution is -1.97. The molecule has 0 saturated carbocycles. The molecule has 0 N–H and O–H groups in total. The van der Waals surface area contributed by atoms with Gasteiger partial charge in [-0.05, 0) is 43.3 Å². The summed E-state index contributed by atoms with van der Waals surface area (Å²) in [5.41, 5.74) is 1.02. The van der Waals surface area contributed by atoms with E-state index in [1.807, 2.05) is 24.3 Å². The van der Waals surface area contributed by atoms with E-state index >= 15 is 0 Å². The van der Waals surface area contributed by atoms with E-state index in [0.717, 1.165) is 15.5 Å². The number of pyridine rings is 1. The van der Waals surface area contributed by atoms with Crippen molar-refractivity contribution in [3.63, 3.8) is 0 Å². The molecule has 0 saturated heterocycles. The van der Waals surface area contributed by atoms with Crippen LogP contribution in [0.5, 0.6) is 5.75 Å². The first-order chi connectivity index (χ1) is 11.5. The third kappa shape index (κ3) is 3.16. The number of halogens is 1. The Bertz CT molecular complexity index is 929. The number of ether oxygens (including phenoxy) is 1. The zero-order valence-corrected chi connectivity index (χ0v) is 14.5. The number of hydrogen-bond donors (Lipinski definition) is 0. The summed E-state index contributed by atoms with van der Waals surface area (Å²) in [7, 11) is 1.50. The Morgan fingerprint density at radius 1 is 1.21 bits per heavy atom. The molecule has 0 aliphatic rings. The van der Waals surface area contributed by atoms with Crippen LogP contribution in [0.25, 0.3) is 10.9 Å². The van der Waals surface area contributed by atoms with Crippen molar-refractivity contribution in [2.24, 2.45) is 0 Å². The number of hydrogen-bond acceptors (Lipinski definition) is 5. The number of nitrogens with zero attached hydrogens (tertiary/aromatic N) is 2. The number of benzene rings is 2. The lowest BCUT2D eigenvalue weighted by molar-refractivity contribution is -0.383. The molecule has 0 bridgehead atoms. The van der Waals surface area contributed by atoms with Crippen LogP contribution in [0.4, 0.5) is 5.69 Å². The topological polar surface area (TPSA) is 65.3 Å². The van der Waals surface area contributed by atoms with Gasteiger partial charge in [0.15, 0.2) is 0 Å². The van der Waals surface area contributed by atoms with Crippen LogP contribution in [-0.4, -0.2) is 17.0 Å². The van der Waals surface area contributed by atoms with Gasteiger partial charge < -0.3 is 4.74 Å². The van der Waals surface area contributed by atoms with Crippen molar-refractivity contribution in [1.29, 1.82) is 0 Å². The van der Waals surface area contributed by atoms with Crippen molar-refractivity contribution in [1.82, 2.24) is 4.98 Å². The molecule has 2 aromatic carbocycles. The van der Waals surface area contributed by atoms with Gasteiger partial charge in [-0.25, -0.2) is 4.98 Å². The van der Waals surface area contributed by atoms with Gasteiger partial charge in [0, 0.05) is 21.0 Å². The van der Waals surface area contributed by atoms with Gasteiger partial charge in [0.1, 0.15) is 11.3 Å². The second-order valence-corrected chi connectivity index (χ2v) is 6.61. The smallest absolute Gasteiger partial charge is 0.299 e. The normalized spacial score (nSPS) is 10.8. The fraction of sp³-hybridized carbons (Fsp3) is 0.118. The predicted octanol–water partition coefficient (Wildman–Crippen LogP) is 5.26. The van der Waals surface area contributed by atoms with Crippen LogP contribution in [0, 0.1) is 17.0 Å². The van der Waals surface area contributed by atoms with Crippen molar-refractivity contribution in [3.8, 4) is 5.75 Å². The molecule has 0 aliphatic carbocycles. The van der Waals surface area contributed by atoms with E-state index < -0.39 is 4.92 Å². The fourth-order valence-corrected chi connectivity index (χ4v) is 3.49. The number of aromatic nitrogens is 1. The van der Waals surface area contributed by atoms with Crippen molar-refractivity contribution in [3.05, 3.63) is 63.3 Å². The minimum atomic E-state index is -0.436. The summed E-state index contributed by atoms with van der Waals surface area (Å²) >= 11 is 7.38. The summed E-state index contributed by atoms with van der Waals surface area (Å²) in [6.45, 7) is 1.80. The molecule has 5 nitrogen and oxygen atoms in total. The van der Waals surface area contributed by atoms with E-state index in [9.17, 15) is 10.1 Å². The number of fused-ring (bicyclic) bond motifs is 1. The highest BCUT2D eigenvalue weighted by molar-refractivity contribution is 7.99. The zero-order valence-electron chi connectivity index (χ0n) is 12.9. The third-order valence-corrected chi connectivity index (χ3v) is 4.85. The maximum atomic E-state index is 11.4. The summed E-state index contributed by atoms with van der Waals surface area (Å²) in [5.74, 6) is 0.444. The highest BCUT2D eigenvalue weighted by atomic mass is 35.5. The van der Waals surface area contributed by atoms with Gasteiger partial charge in [-0.15, -0.1) is 0 Å². The second-order valence-electron chi connectivity index (χ2n) is 5.09. The standard InChI is InChI=1S/C17H13ClN2O3S/c1-10-3-8-13-16(19-10)14(20(21)22)9-15(23-2)17(13)24-12-6-4-11(18)5-7-12/h3-9H,1-2H3. The first kappa shape index (κ1) is 16.5. The van der Waals surface area contributed by atoms with Crippen LogP contribution in [0.1, 0.15) is 5.69 Å². The van der Waals surface area contributed by atoms with E-state index in [-0.39, 0.29) is 5.69 Å². The first-order valence-electron chi connectivity index (χ1n) is 7.05. The minimum Gasteiger partial charge on any atom is -0.495 e. The number of methoxy groups -OCH3 is 1. The second kappa shape index (κ2) is 6.67. The van der Waals surface area contributed by atoms with Crippen LogP contribution in [-0.2, 0) is 0 Å². The number of nitro benzene ring substituents is 1. The van der Waals surface area contributed by atoms with E-state index in [4.69, 9.17) is 16.3 Å². The van der Waals surface area contributed by atoms with Crippen molar-refractivity contribution in [2.75, 3.05) is 7.11 Å². The Hall–Kier alpha value is -2.31. The molecule has 1 heterocycles. The van der Waals surface area contributed by atoms with Gasteiger partial charge in [0.05, 0.1) is 23.0 Å². The van der Waals surface area contributed by atoms with E-state index in [1.54, 1.807) is 19.1 Å². The highest BCUT2D eigenvalue weighted by Crippen LogP contribution is 2.43. The highest BCUT2D eigenvalue weighted by Gasteiger charge is 2.21. The van der Waals surface area contributed by atoms with E-state index in [1.165, 1.54) is 24.9 Å². The molecule has 1 aromatic heterocycles. The molecule has 0 amide bonds. The fourth-order valence-electron chi connectivity index (χ4n) is 2.34. The number of rotatable bonds is 4. The number of aryl methyl sites for hydroxylation is 1. The average Bonchev–Trinajstić information content (AvgIpc) is 2.56. The molecule has 3 aromatic rings. The molecular formula is C17H13ClN2O3S. The quantitative estimate of drug-likeness (QED) is 0.468. The van der Waals surface area contributed by atoms with Gasteiger partial charge >= 0.3 is 0 Å². The Balaban J connectivity index is 2.24. The molecule has 24 heavy (non-hydrogen) atoms. The van der Waals surface area contributed by atoms with Gasteiger partial charge in [0.2, 0.25) is 0 Å². The van der Waals surface area contributed by atoms with Gasteiger partial charge in [0.25, 0.3) is 5.69 Å². The molecule has 0 fully saturated rings. The Labute approximate surface area is 147 Å². The monoisotopic (exact) mass is 360 g/mol. The Kier molecular flexibility index (Phi) is 4.59. The third-order valence-electron chi connectivity index (χ3n) is 3.46. The van der Waals surface area contributed by atoms with Gasteiger partial charge in [-0.3, -0.25) is 10.1 Å². The van der Waals surface area contributed by atoms with Gasteiger partial charge in [-0.2, -0.15) is 0 Å².